The first-order valence-electron chi connectivity index (χ1n) is 11.8. The lowest BCUT2D eigenvalue weighted by Crippen LogP contribution is -2.67. The monoisotopic (exact) mass is 530 g/mol. The predicted octanol–water partition coefficient (Wildman–Crippen LogP) is -5.87. The highest BCUT2D eigenvalue weighted by Crippen LogP contribution is 2.34. The molecule has 0 aliphatic carbocycles. The lowest BCUT2D eigenvalue weighted by atomic mass is 9.88. The Morgan fingerprint density at radius 3 is 1.33 bits per heavy atom. The molecule has 0 unspecified atom stereocenters. The fraction of sp³-hybridized carbons (Fsp3) is 1.00. The molecule has 3 aliphatic rings. The molecule has 212 valence electrons. The van der Waals surface area contributed by atoms with Crippen LogP contribution in [0.3, 0.4) is 0 Å². The molecule has 0 aromatic carbocycles. The third kappa shape index (κ3) is 5.85. The predicted molar refractivity (Wildman–Crippen MR) is 114 cm³/mol. The molecule has 3 heterocycles. The number of aliphatic hydroxyl groups excluding tert-OH is 10. The van der Waals surface area contributed by atoms with Gasteiger partial charge in [0.05, 0.1) is 25.9 Å². The number of rotatable bonds is 8. The summed E-state index contributed by atoms with van der Waals surface area (Å²) in [6.07, 6.45) is -22.6. The van der Waals surface area contributed by atoms with E-state index in [1.54, 1.807) is 13.8 Å². The quantitative estimate of drug-likeness (QED) is 0.140. The topological polar surface area (TPSA) is 248 Å². The average molecular weight is 531 g/mol. The van der Waals surface area contributed by atoms with Crippen molar-refractivity contribution in [3.8, 4) is 0 Å². The second kappa shape index (κ2) is 12.5. The van der Waals surface area contributed by atoms with Gasteiger partial charge in [-0.05, 0) is 5.92 Å². The standard InChI is InChI=1S/C21H38O15/c1-6(2)17-19(36-21-15(30)13(28)11(26)8(4-23)34-21)16(31)18(9(5-24)32-17)35-20-14(29)12(27)10(25)7(3-22)33-20/h6-31H,3-5H2,1-2H3/t7-,8-,9-,10-,11-,12+,13+,14-,15-,16+,17+,18-,19-,20+,21+/m1/s1. The van der Waals surface area contributed by atoms with E-state index >= 15 is 0 Å². The van der Waals surface area contributed by atoms with Crippen molar-refractivity contribution in [2.24, 2.45) is 5.92 Å². The normalized spacial score (nSPS) is 50.4. The van der Waals surface area contributed by atoms with Gasteiger partial charge in [0.25, 0.3) is 0 Å². The van der Waals surface area contributed by atoms with Gasteiger partial charge in [-0.15, -0.1) is 0 Å². The lowest BCUT2D eigenvalue weighted by molar-refractivity contribution is -0.367. The van der Waals surface area contributed by atoms with Crippen molar-refractivity contribution in [3.05, 3.63) is 0 Å². The van der Waals surface area contributed by atoms with Crippen LogP contribution >= 0.6 is 0 Å². The van der Waals surface area contributed by atoms with Gasteiger partial charge >= 0.3 is 0 Å². The molecule has 15 nitrogen and oxygen atoms in total. The summed E-state index contributed by atoms with van der Waals surface area (Å²) in [4.78, 5) is 0. The first-order chi connectivity index (χ1) is 17.0. The smallest absolute Gasteiger partial charge is 0.187 e. The van der Waals surface area contributed by atoms with Crippen LogP contribution in [0.25, 0.3) is 0 Å². The van der Waals surface area contributed by atoms with Crippen molar-refractivity contribution in [1.82, 2.24) is 0 Å². The first-order valence-corrected chi connectivity index (χ1v) is 11.8. The molecule has 0 spiro atoms. The molecule has 10 N–H and O–H groups in total. The van der Waals surface area contributed by atoms with E-state index in [0.29, 0.717) is 0 Å². The minimum absolute atomic E-state index is 0.322. The van der Waals surface area contributed by atoms with Crippen LogP contribution in [0.2, 0.25) is 0 Å². The van der Waals surface area contributed by atoms with Crippen LogP contribution in [0, 0.1) is 5.92 Å². The van der Waals surface area contributed by atoms with Gasteiger partial charge in [-0.2, -0.15) is 0 Å². The summed E-state index contributed by atoms with van der Waals surface area (Å²) in [6.45, 7) is 1.41. The molecule has 15 heteroatoms. The molecule has 36 heavy (non-hydrogen) atoms. The number of hydrogen-bond acceptors (Lipinski definition) is 15. The van der Waals surface area contributed by atoms with Crippen LogP contribution in [-0.4, -0.2) is 163 Å². The van der Waals surface area contributed by atoms with Gasteiger partial charge in [0.2, 0.25) is 0 Å². The minimum Gasteiger partial charge on any atom is -0.394 e. The van der Waals surface area contributed by atoms with Crippen molar-refractivity contribution in [3.63, 3.8) is 0 Å². The van der Waals surface area contributed by atoms with E-state index in [9.17, 15) is 51.1 Å². The molecule has 0 saturated carbocycles. The maximum absolute atomic E-state index is 11.2. The van der Waals surface area contributed by atoms with Crippen LogP contribution in [-0.2, 0) is 23.7 Å². The first kappa shape index (κ1) is 29.9. The Balaban J connectivity index is 1.83. The molecular formula is C21H38O15. The van der Waals surface area contributed by atoms with Crippen LogP contribution in [0.5, 0.6) is 0 Å². The van der Waals surface area contributed by atoms with E-state index in [-0.39, 0.29) is 5.92 Å². The summed E-state index contributed by atoms with van der Waals surface area (Å²) >= 11 is 0. The van der Waals surface area contributed by atoms with Gasteiger partial charge in [-0.1, -0.05) is 13.8 Å². The van der Waals surface area contributed by atoms with E-state index < -0.39 is 112 Å². The van der Waals surface area contributed by atoms with E-state index in [2.05, 4.69) is 0 Å². The highest BCUT2D eigenvalue weighted by molar-refractivity contribution is 4.98. The van der Waals surface area contributed by atoms with Crippen molar-refractivity contribution in [2.45, 2.75) is 106 Å². The van der Waals surface area contributed by atoms with Crippen LogP contribution in [0.1, 0.15) is 13.8 Å². The van der Waals surface area contributed by atoms with Gasteiger partial charge in [0, 0.05) is 0 Å². The summed E-state index contributed by atoms with van der Waals surface area (Å²) in [5.41, 5.74) is 0. The number of hydrogen-bond donors (Lipinski definition) is 10. The Morgan fingerprint density at radius 1 is 0.528 bits per heavy atom. The summed E-state index contributed by atoms with van der Waals surface area (Å²) in [7, 11) is 0. The van der Waals surface area contributed by atoms with Crippen molar-refractivity contribution < 1.29 is 74.7 Å². The van der Waals surface area contributed by atoms with E-state index in [4.69, 9.17) is 23.7 Å². The Kier molecular flexibility index (Phi) is 10.4. The maximum Gasteiger partial charge on any atom is 0.187 e. The second-order valence-corrected chi connectivity index (χ2v) is 9.65. The van der Waals surface area contributed by atoms with Gasteiger partial charge in [0.15, 0.2) is 12.6 Å². The fourth-order valence-electron chi connectivity index (χ4n) is 4.64. The largest absolute Gasteiger partial charge is 0.394 e. The molecule has 15 atom stereocenters. The molecule has 3 saturated heterocycles. The third-order valence-electron chi connectivity index (χ3n) is 6.81. The zero-order valence-electron chi connectivity index (χ0n) is 19.9. The fourth-order valence-corrected chi connectivity index (χ4v) is 4.64. The highest BCUT2D eigenvalue weighted by atomic mass is 16.7. The Hall–Kier alpha value is -0.600. The summed E-state index contributed by atoms with van der Waals surface area (Å²) in [5, 5.41) is 101. The molecule has 0 radical (unpaired) electrons. The highest BCUT2D eigenvalue weighted by Gasteiger charge is 2.54. The second-order valence-electron chi connectivity index (χ2n) is 9.65. The summed E-state index contributed by atoms with van der Waals surface area (Å²) < 4.78 is 28.0. The number of ether oxygens (including phenoxy) is 5. The molecule has 3 fully saturated rings. The minimum atomic E-state index is -1.79. The van der Waals surface area contributed by atoms with E-state index in [0.717, 1.165) is 0 Å². The Labute approximate surface area is 207 Å². The molecule has 0 bridgehead atoms. The van der Waals surface area contributed by atoms with Gasteiger partial charge in [-0.3, -0.25) is 0 Å². The van der Waals surface area contributed by atoms with Crippen molar-refractivity contribution in [2.75, 3.05) is 19.8 Å². The number of aliphatic hydroxyl groups is 10. The molecule has 0 aromatic heterocycles. The van der Waals surface area contributed by atoms with E-state index in [1.807, 2.05) is 0 Å². The van der Waals surface area contributed by atoms with Gasteiger partial charge in [0.1, 0.15) is 73.2 Å². The van der Waals surface area contributed by atoms with Crippen LogP contribution < -0.4 is 0 Å². The third-order valence-corrected chi connectivity index (χ3v) is 6.81. The van der Waals surface area contributed by atoms with Crippen molar-refractivity contribution >= 4 is 0 Å². The average Bonchev–Trinajstić information content (AvgIpc) is 2.86. The zero-order valence-corrected chi connectivity index (χ0v) is 19.9. The molecule has 3 rings (SSSR count). The van der Waals surface area contributed by atoms with Crippen LogP contribution in [0.15, 0.2) is 0 Å². The lowest BCUT2D eigenvalue weighted by Gasteiger charge is -2.49. The van der Waals surface area contributed by atoms with Gasteiger partial charge in [-0.25, -0.2) is 0 Å². The molecule has 0 amide bonds. The maximum atomic E-state index is 11.2. The van der Waals surface area contributed by atoms with Crippen molar-refractivity contribution in [1.29, 1.82) is 0 Å². The summed E-state index contributed by atoms with van der Waals surface area (Å²) in [6, 6.07) is 0. The molecule has 3 aliphatic heterocycles. The zero-order chi connectivity index (χ0) is 26.9. The SMILES string of the molecule is CC(C)[C@@H]1O[C@H](CO)[C@@H](O[C@@H]2O[C@H](CO)[C@@H](O)[C@H](O)[C@H]2O)[C@H](O)[C@H]1O[C@@H]1O[C@H](CO)[C@@H](O)[C@H](O)[C@H]1O. The summed E-state index contributed by atoms with van der Waals surface area (Å²) in [5.74, 6) is -0.322. The van der Waals surface area contributed by atoms with Gasteiger partial charge < -0.3 is 74.7 Å². The molecular weight excluding hydrogens is 492 g/mol. The van der Waals surface area contributed by atoms with Crippen LogP contribution in [0.4, 0.5) is 0 Å². The molecule has 0 aromatic rings. The Bertz CT molecular complexity index is 680. The van der Waals surface area contributed by atoms with E-state index in [1.165, 1.54) is 0 Å². The Morgan fingerprint density at radius 2 is 0.944 bits per heavy atom.